The first kappa shape index (κ1) is 25.6. The van der Waals surface area contributed by atoms with Crippen molar-refractivity contribution in [2.75, 3.05) is 18.9 Å². The minimum Gasteiger partial charge on any atom is -0.481 e. The van der Waals surface area contributed by atoms with Crippen LogP contribution >= 0.6 is 0 Å². The van der Waals surface area contributed by atoms with Crippen LogP contribution in [0.2, 0.25) is 0 Å². The molecule has 0 aliphatic heterocycles. The lowest BCUT2D eigenvalue weighted by Gasteiger charge is -2.22. The quantitative estimate of drug-likeness (QED) is 0.358. The Kier molecular flexibility index (Phi) is 7.67. The van der Waals surface area contributed by atoms with Gasteiger partial charge in [-0.15, -0.1) is 0 Å². The highest BCUT2D eigenvalue weighted by Gasteiger charge is 2.27. The predicted octanol–water partition coefficient (Wildman–Crippen LogP) is 2.35. The topological polar surface area (TPSA) is 153 Å². The zero-order valence-corrected chi connectivity index (χ0v) is 19.0. The number of ether oxygens (including phenoxy) is 1. The Hall–Kier alpha value is -4.03. The number of primary amides is 1. The number of anilines is 1. The second-order valence-corrected chi connectivity index (χ2v) is 9.42. The molecule has 0 aliphatic rings. The number of nitrogen functional groups attached to an aromatic ring is 1. The molecule has 9 nitrogen and oxygen atoms in total. The summed E-state index contributed by atoms with van der Waals surface area (Å²) in [7, 11) is -4.26. The Balaban J connectivity index is 2.05. The Morgan fingerprint density at radius 2 is 1.66 bits per heavy atom. The minimum absolute atomic E-state index is 0.0870. The van der Waals surface area contributed by atoms with Crippen molar-refractivity contribution < 1.29 is 36.6 Å². The van der Waals surface area contributed by atoms with Crippen molar-refractivity contribution in [1.29, 1.82) is 0 Å². The summed E-state index contributed by atoms with van der Waals surface area (Å²) >= 11 is 0. The van der Waals surface area contributed by atoms with Crippen molar-refractivity contribution in [3.8, 4) is 16.9 Å². The second-order valence-electron chi connectivity index (χ2n) is 7.48. The van der Waals surface area contributed by atoms with Crippen LogP contribution in [0.3, 0.4) is 0 Å². The molecule has 0 saturated carbocycles. The summed E-state index contributed by atoms with van der Waals surface area (Å²) < 4.78 is 59.6. The lowest BCUT2D eigenvalue weighted by Crippen LogP contribution is -2.38. The van der Waals surface area contributed by atoms with Gasteiger partial charge in [0.2, 0.25) is 15.9 Å². The van der Waals surface area contributed by atoms with E-state index in [9.17, 15) is 26.8 Å². The zero-order valence-electron chi connectivity index (χ0n) is 18.1. The van der Waals surface area contributed by atoms with Crippen LogP contribution in [0.1, 0.15) is 5.56 Å². The molecule has 0 bridgehead atoms. The van der Waals surface area contributed by atoms with Gasteiger partial charge >= 0.3 is 5.97 Å². The van der Waals surface area contributed by atoms with Crippen molar-refractivity contribution in [3.63, 3.8) is 0 Å². The molecule has 0 radical (unpaired) electrons. The molecular formula is C23H21F2N3O6S. The predicted molar refractivity (Wildman–Crippen MR) is 123 cm³/mol. The van der Waals surface area contributed by atoms with Gasteiger partial charge in [-0.2, -0.15) is 4.31 Å². The van der Waals surface area contributed by atoms with E-state index >= 15 is 0 Å². The van der Waals surface area contributed by atoms with Crippen LogP contribution in [0.4, 0.5) is 14.5 Å². The summed E-state index contributed by atoms with van der Waals surface area (Å²) in [5, 5.41) is 8.95. The lowest BCUT2D eigenvalue weighted by molar-refractivity contribution is -0.139. The van der Waals surface area contributed by atoms with E-state index in [1.807, 2.05) is 0 Å². The van der Waals surface area contributed by atoms with Crippen LogP contribution in [0.25, 0.3) is 11.1 Å². The van der Waals surface area contributed by atoms with Crippen molar-refractivity contribution in [2.24, 2.45) is 5.73 Å². The molecule has 35 heavy (non-hydrogen) atoms. The number of carboxylic acid groups (broad SMARTS) is 1. The van der Waals surface area contributed by atoms with Gasteiger partial charge in [-0.3, -0.25) is 4.79 Å². The number of hydrogen-bond acceptors (Lipinski definition) is 6. The number of amides is 1. The maximum absolute atomic E-state index is 14.0. The number of hydrogen-bond donors (Lipinski definition) is 3. The largest absolute Gasteiger partial charge is 0.481 e. The van der Waals surface area contributed by atoms with Crippen LogP contribution < -0.4 is 16.2 Å². The summed E-state index contributed by atoms with van der Waals surface area (Å²) in [5.74, 6) is -3.36. The van der Waals surface area contributed by atoms with Crippen LogP contribution in [0, 0.1) is 11.6 Å². The van der Waals surface area contributed by atoms with Crippen molar-refractivity contribution in [3.05, 3.63) is 77.9 Å². The van der Waals surface area contributed by atoms with E-state index in [-0.39, 0.29) is 34.0 Å². The fourth-order valence-electron chi connectivity index (χ4n) is 3.29. The highest BCUT2D eigenvalue weighted by molar-refractivity contribution is 7.89. The number of carbonyl (C=O) groups excluding carboxylic acids is 1. The van der Waals surface area contributed by atoms with Gasteiger partial charge in [0, 0.05) is 17.8 Å². The molecule has 0 atom stereocenters. The molecule has 1 amide bonds. The standard InChI is InChI=1S/C23H21F2N3O6S/c24-16-2-4-19(5-3-16)35(32,33)28(12-22(27)29)11-14-1-6-21(34-13-23(30)31)20(7-14)15-8-17(25)10-18(26)9-15/h1-10H,11-13,26H2,(H2,27,29)(H,30,31). The molecule has 3 aromatic rings. The third kappa shape index (κ3) is 6.52. The van der Waals surface area contributed by atoms with E-state index in [2.05, 4.69) is 0 Å². The van der Waals surface area contributed by atoms with Crippen molar-refractivity contribution in [2.45, 2.75) is 11.4 Å². The highest BCUT2D eigenvalue weighted by atomic mass is 32.2. The van der Waals surface area contributed by atoms with Gasteiger partial charge in [-0.05, 0) is 65.7 Å². The molecule has 3 aromatic carbocycles. The van der Waals surface area contributed by atoms with Crippen molar-refractivity contribution in [1.82, 2.24) is 4.31 Å². The van der Waals surface area contributed by atoms with E-state index in [1.165, 1.54) is 24.3 Å². The molecular weight excluding hydrogens is 484 g/mol. The number of sulfonamides is 1. The first-order valence-electron chi connectivity index (χ1n) is 10.0. The number of halogens is 2. The molecule has 0 unspecified atom stereocenters. The highest BCUT2D eigenvalue weighted by Crippen LogP contribution is 2.33. The summed E-state index contributed by atoms with van der Waals surface area (Å²) in [6.45, 7) is -1.68. The van der Waals surface area contributed by atoms with Crippen LogP contribution in [0.15, 0.2) is 65.6 Å². The monoisotopic (exact) mass is 505 g/mol. The van der Waals surface area contributed by atoms with E-state index in [0.29, 0.717) is 5.56 Å². The number of carbonyl (C=O) groups is 2. The van der Waals surface area contributed by atoms with Gasteiger partial charge in [0.1, 0.15) is 17.4 Å². The maximum atomic E-state index is 14.0. The first-order valence-corrected chi connectivity index (χ1v) is 11.5. The number of aliphatic carboxylic acids is 1. The Morgan fingerprint density at radius 3 is 2.26 bits per heavy atom. The third-order valence-electron chi connectivity index (χ3n) is 4.77. The number of rotatable bonds is 10. The normalized spacial score (nSPS) is 11.4. The summed E-state index contributed by atoms with van der Waals surface area (Å²) in [6.07, 6.45) is 0. The molecule has 3 rings (SSSR count). The van der Waals surface area contributed by atoms with Crippen molar-refractivity contribution >= 4 is 27.6 Å². The lowest BCUT2D eigenvalue weighted by atomic mass is 10.0. The van der Waals surface area contributed by atoms with E-state index < -0.39 is 46.7 Å². The zero-order chi connectivity index (χ0) is 25.8. The van der Waals surface area contributed by atoms with E-state index in [1.54, 1.807) is 0 Å². The molecule has 0 fully saturated rings. The molecule has 0 aromatic heterocycles. The molecule has 0 heterocycles. The average molecular weight is 505 g/mol. The Morgan fingerprint density at radius 1 is 0.971 bits per heavy atom. The van der Waals surface area contributed by atoms with E-state index in [4.69, 9.17) is 21.3 Å². The molecule has 184 valence electrons. The summed E-state index contributed by atoms with van der Waals surface area (Å²) in [4.78, 5) is 22.3. The number of benzene rings is 3. The smallest absolute Gasteiger partial charge is 0.341 e. The Labute approximate surface area is 199 Å². The van der Waals surface area contributed by atoms with E-state index in [0.717, 1.165) is 40.7 Å². The van der Waals surface area contributed by atoms with Gasteiger partial charge in [-0.1, -0.05) is 6.07 Å². The average Bonchev–Trinajstić information content (AvgIpc) is 2.77. The van der Waals surface area contributed by atoms with Gasteiger partial charge < -0.3 is 21.3 Å². The Bertz CT molecular complexity index is 1340. The van der Waals surface area contributed by atoms with Gasteiger partial charge in [-0.25, -0.2) is 22.0 Å². The minimum atomic E-state index is -4.26. The van der Waals surface area contributed by atoms with Crippen LogP contribution in [-0.4, -0.2) is 42.9 Å². The first-order chi connectivity index (χ1) is 16.5. The number of nitrogens with zero attached hydrogens (tertiary/aromatic N) is 1. The summed E-state index contributed by atoms with van der Waals surface area (Å²) in [6, 6.07) is 12.0. The SMILES string of the molecule is NC(=O)CN(Cc1ccc(OCC(=O)O)c(-c2cc(N)cc(F)c2)c1)S(=O)(=O)c1ccc(F)cc1. The van der Waals surface area contributed by atoms with Gasteiger partial charge in [0.15, 0.2) is 6.61 Å². The molecule has 0 aliphatic carbocycles. The fraction of sp³-hybridized carbons (Fsp3) is 0.130. The third-order valence-corrected chi connectivity index (χ3v) is 6.57. The molecule has 0 saturated heterocycles. The molecule has 0 spiro atoms. The summed E-state index contributed by atoms with van der Waals surface area (Å²) in [5.41, 5.74) is 11.9. The second kappa shape index (κ2) is 10.5. The van der Waals surface area contributed by atoms with Gasteiger partial charge in [0.25, 0.3) is 0 Å². The maximum Gasteiger partial charge on any atom is 0.341 e. The van der Waals surface area contributed by atoms with Gasteiger partial charge in [0.05, 0.1) is 11.4 Å². The number of carboxylic acids is 1. The van der Waals surface area contributed by atoms with Crippen LogP contribution in [-0.2, 0) is 26.2 Å². The van der Waals surface area contributed by atoms with Crippen LogP contribution in [0.5, 0.6) is 5.75 Å². The number of nitrogens with two attached hydrogens (primary N) is 2. The fourth-order valence-corrected chi connectivity index (χ4v) is 4.69. The molecule has 5 N–H and O–H groups in total. The molecule has 12 heteroatoms.